The van der Waals surface area contributed by atoms with Crippen LogP contribution < -0.4 is 15.0 Å². The van der Waals surface area contributed by atoms with Crippen LogP contribution in [0.25, 0.3) is 11.3 Å². The Morgan fingerprint density at radius 1 is 0.969 bits per heavy atom. The van der Waals surface area contributed by atoms with E-state index >= 15 is 0 Å². The number of benzene rings is 2. The molecule has 166 valence electrons. The van der Waals surface area contributed by atoms with Gasteiger partial charge in [-0.2, -0.15) is 0 Å². The van der Waals surface area contributed by atoms with E-state index in [-0.39, 0.29) is 6.03 Å². The van der Waals surface area contributed by atoms with Gasteiger partial charge in [-0.1, -0.05) is 17.7 Å². The zero-order valence-electron chi connectivity index (χ0n) is 18.8. The molecule has 1 fully saturated rings. The summed E-state index contributed by atoms with van der Waals surface area (Å²) in [5, 5.41) is 11.9. The summed E-state index contributed by atoms with van der Waals surface area (Å²) in [4.78, 5) is 16.7. The van der Waals surface area contributed by atoms with Gasteiger partial charge in [0.1, 0.15) is 5.75 Å². The van der Waals surface area contributed by atoms with Crippen LogP contribution in [0.4, 0.5) is 16.3 Å². The quantitative estimate of drug-likeness (QED) is 0.643. The molecule has 0 saturated carbocycles. The third-order valence-electron chi connectivity index (χ3n) is 5.63. The van der Waals surface area contributed by atoms with Crippen molar-refractivity contribution in [1.82, 2.24) is 15.1 Å². The molecule has 2 aromatic carbocycles. The predicted octanol–water partition coefficient (Wildman–Crippen LogP) is 4.51. The van der Waals surface area contributed by atoms with Crippen LogP contribution in [0, 0.1) is 13.8 Å². The van der Waals surface area contributed by atoms with Crippen LogP contribution >= 0.6 is 0 Å². The van der Waals surface area contributed by atoms with Crippen molar-refractivity contribution in [3.8, 4) is 17.0 Å². The number of nitrogens with one attached hydrogen (secondary N) is 1. The number of hydrogen-bond acceptors (Lipinski definition) is 5. The van der Waals surface area contributed by atoms with Crippen LogP contribution in [0.3, 0.4) is 0 Å². The van der Waals surface area contributed by atoms with Crippen LogP contribution in [0.1, 0.15) is 18.1 Å². The molecule has 4 rings (SSSR count). The Labute approximate surface area is 189 Å². The maximum absolute atomic E-state index is 12.7. The van der Waals surface area contributed by atoms with E-state index in [2.05, 4.69) is 26.5 Å². The van der Waals surface area contributed by atoms with Gasteiger partial charge in [-0.25, -0.2) is 4.79 Å². The van der Waals surface area contributed by atoms with E-state index in [9.17, 15) is 4.79 Å². The highest BCUT2D eigenvalue weighted by molar-refractivity contribution is 5.90. The zero-order chi connectivity index (χ0) is 22.5. The first-order valence-electron chi connectivity index (χ1n) is 11.0. The molecule has 0 aliphatic carbocycles. The smallest absolute Gasteiger partial charge is 0.321 e. The van der Waals surface area contributed by atoms with Crippen molar-refractivity contribution in [1.29, 1.82) is 0 Å². The lowest BCUT2D eigenvalue weighted by atomic mass is 10.1. The Balaban J connectivity index is 1.33. The third-order valence-corrected chi connectivity index (χ3v) is 5.63. The van der Waals surface area contributed by atoms with Crippen molar-refractivity contribution >= 4 is 17.5 Å². The molecular formula is C25H29N5O2. The van der Waals surface area contributed by atoms with Gasteiger partial charge in [0.25, 0.3) is 0 Å². The van der Waals surface area contributed by atoms with Crippen LogP contribution in [0.15, 0.2) is 54.6 Å². The second kappa shape index (κ2) is 9.68. The number of aryl methyl sites for hydroxylation is 2. The molecule has 32 heavy (non-hydrogen) atoms. The summed E-state index contributed by atoms with van der Waals surface area (Å²) in [6, 6.07) is 17.8. The summed E-state index contributed by atoms with van der Waals surface area (Å²) < 4.78 is 5.49. The highest BCUT2D eigenvalue weighted by Crippen LogP contribution is 2.22. The van der Waals surface area contributed by atoms with Crippen molar-refractivity contribution in [2.45, 2.75) is 20.8 Å². The van der Waals surface area contributed by atoms with Crippen molar-refractivity contribution in [3.63, 3.8) is 0 Å². The Hall–Kier alpha value is -3.61. The Morgan fingerprint density at radius 2 is 1.72 bits per heavy atom. The average Bonchev–Trinajstić information content (AvgIpc) is 2.82. The molecule has 1 aromatic heterocycles. The highest BCUT2D eigenvalue weighted by atomic mass is 16.5. The Bertz CT molecular complexity index is 1060. The molecule has 1 aliphatic rings. The summed E-state index contributed by atoms with van der Waals surface area (Å²) in [5.74, 6) is 1.68. The zero-order valence-corrected chi connectivity index (χ0v) is 18.8. The fraction of sp³-hybridized carbons (Fsp3) is 0.320. The van der Waals surface area contributed by atoms with E-state index in [1.54, 1.807) is 0 Å². The Kier molecular flexibility index (Phi) is 6.54. The van der Waals surface area contributed by atoms with Gasteiger partial charge in [-0.05, 0) is 68.8 Å². The van der Waals surface area contributed by atoms with Crippen LogP contribution in [0.5, 0.6) is 5.75 Å². The topological polar surface area (TPSA) is 70.6 Å². The highest BCUT2D eigenvalue weighted by Gasteiger charge is 2.22. The van der Waals surface area contributed by atoms with Crippen molar-refractivity contribution in [2.24, 2.45) is 0 Å². The molecule has 2 heterocycles. The molecule has 0 atom stereocenters. The minimum atomic E-state index is -0.0615. The number of nitrogens with zero attached hydrogens (tertiary/aromatic N) is 4. The summed E-state index contributed by atoms with van der Waals surface area (Å²) in [6.45, 7) is 9.39. The van der Waals surface area contributed by atoms with Gasteiger partial charge in [-0.3, -0.25) is 0 Å². The third kappa shape index (κ3) is 4.99. The van der Waals surface area contributed by atoms with E-state index < -0.39 is 0 Å². The SMILES string of the molecule is CCOc1ccc(-c2ccc(N3CCN(C(=O)Nc4ccc(C)cc4C)CC3)nn2)cc1. The number of anilines is 2. The lowest BCUT2D eigenvalue weighted by molar-refractivity contribution is 0.208. The minimum absolute atomic E-state index is 0.0615. The molecule has 7 nitrogen and oxygen atoms in total. The van der Waals surface area contributed by atoms with Gasteiger partial charge < -0.3 is 19.9 Å². The normalized spacial score (nSPS) is 13.7. The summed E-state index contributed by atoms with van der Waals surface area (Å²) in [5.41, 5.74) is 4.94. The summed E-state index contributed by atoms with van der Waals surface area (Å²) in [6.07, 6.45) is 0. The van der Waals surface area contributed by atoms with Gasteiger partial charge in [0.05, 0.1) is 12.3 Å². The molecule has 1 aliphatic heterocycles. The first kappa shape index (κ1) is 21.6. The number of amides is 2. The van der Waals surface area contributed by atoms with Crippen LogP contribution in [0.2, 0.25) is 0 Å². The largest absolute Gasteiger partial charge is 0.494 e. The molecule has 3 aromatic rings. The Morgan fingerprint density at radius 3 is 2.34 bits per heavy atom. The molecule has 1 N–H and O–H groups in total. The second-order valence-electron chi connectivity index (χ2n) is 7.96. The first-order chi connectivity index (χ1) is 15.5. The fourth-order valence-electron chi connectivity index (χ4n) is 3.82. The van der Waals surface area contributed by atoms with Gasteiger partial charge in [0.2, 0.25) is 0 Å². The van der Waals surface area contributed by atoms with E-state index in [1.165, 1.54) is 5.56 Å². The number of piperazine rings is 1. The molecule has 0 spiro atoms. The molecule has 0 unspecified atom stereocenters. The monoisotopic (exact) mass is 431 g/mol. The molecular weight excluding hydrogens is 402 g/mol. The van der Waals surface area contributed by atoms with Crippen molar-refractivity contribution < 1.29 is 9.53 Å². The van der Waals surface area contributed by atoms with Gasteiger partial charge >= 0.3 is 6.03 Å². The lowest BCUT2D eigenvalue weighted by Crippen LogP contribution is -2.50. The van der Waals surface area contributed by atoms with Crippen LogP contribution in [-0.2, 0) is 0 Å². The van der Waals surface area contributed by atoms with E-state index in [4.69, 9.17) is 4.74 Å². The maximum atomic E-state index is 12.7. The standard InChI is InChI=1S/C25H29N5O2/c1-4-32-21-8-6-20(7-9-21)23-11-12-24(28-27-23)29-13-15-30(16-14-29)25(31)26-22-10-5-18(2)17-19(22)3/h5-12,17H,4,13-16H2,1-3H3,(H,26,31). The van der Waals surface area contributed by atoms with E-state index in [0.29, 0.717) is 19.7 Å². The minimum Gasteiger partial charge on any atom is -0.494 e. The van der Waals surface area contributed by atoms with E-state index in [0.717, 1.165) is 47.2 Å². The van der Waals surface area contributed by atoms with Gasteiger partial charge in [0.15, 0.2) is 5.82 Å². The van der Waals surface area contributed by atoms with Crippen molar-refractivity contribution in [2.75, 3.05) is 43.0 Å². The molecule has 7 heteroatoms. The summed E-state index contributed by atoms with van der Waals surface area (Å²) in [7, 11) is 0. The molecule has 2 amide bonds. The van der Waals surface area contributed by atoms with Crippen molar-refractivity contribution in [3.05, 3.63) is 65.7 Å². The second-order valence-corrected chi connectivity index (χ2v) is 7.96. The average molecular weight is 432 g/mol. The number of carbonyl (C=O) groups excluding carboxylic acids is 1. The number of ether oxygens (including phenoxy) is 1. The molecule has 0 radical (unpaired) electrons. The predicted molar refractivity (Wildman–Crippen MR) is 127 cm³/mol. The van der Waals surface area contributed by atoms with Gasteiger partial charge in [-0.15, -0.1) is 10.2 Å². The number of aromatic nitrogens is 2. The summed E-state index contributed by atoms with van der Waals surface area (Å²) >= 11 is 0. The van der Waals surface area contributed by atoms with Crippen LogP contribution in [-0.4, -0.2) is 53.9 Å². The maximum Gasteiger partial charge on any atom is 0.321 e. The molecule has 0 bridgehead atoms. The number of urea groups is 1. The van der Waals surface area contributed by atoms with Gasteiger partial charge in [0, 0.05) is 37.4 Å². The number of hydrogen-bond donors (Lipinski definition) is 1. The lowest BCUT2D eigenvalue weighted by Gasteiger charge is -2.35. The molecule has 1 saturated heterocycles. The fourth-order valence-corrected chi connectivity index (χ4v) is 3.82. The number of carbonyl (C=O) groups is 1. The number of rotatable bonds is 5. The van der Waals surface area contributed by atoms with E-state index in [1.807, 2.05) is 74.2 Å². The first-order valence-corrected chi connectivity index (χ1v) is 11.0.